The van der Waals surface area contributed by atoms with Crippen LogP contribution >= 0.6 is 0 Å². The maximum atomic E-state index is 12.3. The standard InChI is InChI=1S/C19H21N3O4/c23-18(24)16-7-8-20-17(13-16)21-9-4-10-22(12-11-21)19(25)26-14-15-5-2-1-3-6-15/h1-3,5-8,13H,4,9-12,14H2,(H,23,24). The van der Waals surface area contributed by atoms with E-state index >= 15 is 0 Å². The largest absolute Gasteiger partial charge is 0.478 e. The molecule has 26 heavy (non-hydrogen) atoms. The summed E-state index contributed by atoms with van der Waals surface area (Å²) in [5.41, 5.74) is 1.16. The fraction of sp³-hybridized carbons (Fsp3) is 0.316. The van der Waals surface area contributed by atoms with Gasteiger partial charge < -0.3 is 19.6 Å². The minimum absolute atomic E-state index is 0.207. The number of carboxylic acids is 1. The van der Waals surface area contributed by atoms with Gasteiger partial charge in [0.25, 0.3) is 0 Å². The molecule has 0 aliphatic carbocycles. The molecule has 7 nitrogen and oxygen atoms in total. The number of carboxylic acid groups (broad SMARTS) is 1. The van der Waals surface area contributed by atoms with E-state index in [2.05, 4.69) is 4.98 Å². The van der Waals surface area contributed by atoms with Crippen molar-refractivity contribution < 1.29 is 19.4 Å². The minimum atomic E-state index is -0.977. The molecular weight excluding hydrogens is 334 g/mol. The first-order valence-electron chi connectivity index (χ1n) is 8.53. The zero-order valence-corrected chi connectivity index (χ0v) is 14.4. The van der Waals surface area contributed by atoms with E-state index in [0.717, 1.165) is 12.0 Å². The first kappa shape index (κ1) is 17.7. The number of benzene rings is 1. The molecule has 136 valence electrons. The van der Waals surface area contributed by atoms with Gasteiger partial charge in [-0.25, -0.2) is 14.6 Å². The monoisotopic (exact) mass is 355 g/mol. The van der Waals surface area contributed by atoms with Crippen LogP contribution in [0.2, 0.25) is 0 Å². The average Bonchev–Trinajstić information content (AvgIpc) is 2.93. The highest BCUT2D eigenvalue weighted by molar-refractivity contribution is 5.88. The Labute approximate surface area is 151 Å². The third kappa shape index (κ3) is 4.50. The summed E-state index contributed by atoms with van der Waals surface area (Å²) in [6, 6.07) is 12.6. The summed E-state index contributed by atoms with van der Waals surface area (Å²) in [5.74, 6) is -0.362. The van der Waals surface area contributed by atoms with Crippen molar-refractivity contribution in [2.24, 2.45) is 0 Å². The van der Waals surface area contributed by atoms with Crippen LogP contribution in [0.1, 0.15) is 22.3 Å². The Hall–Kier alpha value is -3.09. The highest BCUT2D eigenvalue weighted by Crippen LogP contribution is 2.16. The zero-order chi connectivity index (χ0) is 18.4. The number of pyridine rings is 1. The molecule has 1 aliphatic heterocycles. The van der Waals surface area contributed by atoms with Gasteiger partial charge in [0.05, 0.1) is 5.56 Å². The summed E-state index contributed by atoms with van der Waals surface area (Å²) < 4.78 is 5.39. The van der Waals surface area contributed by atoms with E-state index < -0.39 is 5.97 Å². The number of carbonyl (C=O) groups is 2. The number of carbonyl (C=O) groups excluding carboxylic acids is 1. The van der Waals surface area contributed by atoms with E-state index in [1.165, 1.54) is 12.3 Å². The number of rotatable bonds is 4. The van der Waals surface area contributed by atoms with Crippen molar-refractivity contribution in [2.45, 2.75) is 13.0 Å². The second-order valence-electron chi connectivity index (χ2n) is 6.08. The topological polar surface area (TPSA) is 83.0 Å². The fourth-order valence-electron chi connectivity index (χ4n) is 2.86. The van der Waals surface area contributed by atoms with Crippen molar-refractivity contribution in [2.75, 3.05) is 31.1 Å². The van der Waals surface area contributed by atoms with Crippen LogP contribution in [0.15, 0.2) is 48.7 Å². The molecule has 1 amide bonds. The number of aromatic nitrogens is 1. The molecule has 1 aromatic carbocycles. The molecule has 3 rings (SSSR count). The van der Waals surface area contributed by atoms with Crippen LogP contribution in [0, 0.1) is 0 Å². The summed E-state index contributed by atoms with van der Waals surface area (Å²) in [6.07, 6.45) is 1.93. The van der Waals surface area contributed by atoms with Gasteiger partial charge in [-0.05, 0) is 24.1 Å². The van der Waals surface area contributed by atoms with Crippen molar-refractivity contribution in [3.63, 3.8) is 0 Å². The van der Waals surface area contributed by atoms with Gasteiger partial charge in [0.1, 0.15) is 12.4 Å². The van der Waals surface area contributed by atoms with Crippen molar-refractivity contribution in [1.82, 2.24) is 9.88 Å². The predicted molar refractivity (Wildman–Crippen MR) is 96.2 cm³/mol. The Bertz CT molecular complexity index is 766. The van der Waals surface area contributed by atoms with Crippen LogP contribution in [0.5, 0.6) is 0 Å². The molecule has 1 fully saturated rings. The number of hydrogen-bond donors (Lipinski definition) is 1. The lowest BCUT2D eigenvalue weighted by molar-refractivity contribution is 0.0696. The summed E-state index contributed by atoms with van der Waals surface area (Å²) >= 11 is 0. The molecule has 0 atom stereocenters. The maximum absolute atomic E-state index is 12.3. The van der Waals surface area contributed by atoms with Crippen molar-refractivity contribution >= 4 is 17.9 Å². The summed E-state index contributed by atoms with van der Waals surface area (Å²) in [6.45, 7) is 2.65. The highest BCUT2D eigenvalue weighted by atomic mass is 16.6. The molecular formula is C19H21N3O4. The van der Waals surface area contributed by atoms with Crippen LogP contribution in [0.3, 0.4) is 0 Å². The van der Waals surface area contributed by atoms with E-state index in [9.17, 15) is 9.59 Å². The predicted octanol–water partition coefficient (Wildman–Crippen LogP) is 2.63. The van der Waals surface area contributed by atoms with Crippen LogP contribution in [-0.4, -0.2) is 53.2 Å². The van der Waals surface area contributed by atoms with E-state index in [4.69, 9.17) is 9.84 Å². The molecule has 1 aliphatic rings. The van der Waals surface area contributed by atoms with E-state index in [1.807, 2.05) is 35.2 Å². The second-order valence-corrected chi connectivity index (χ2v) is 6.08. The quantitative estimate of drug-likeness (QED) is 0.908. The fourth-order valence-corrected chi connectivity index (χ4v) is 2.86. The van der Waals surface area contributed by atoms with Gasteiger partial charge in [-0.2, -0.15) is 0 Å². The summed E-state index contributed by atoms with van der Waals surface area (Å²) in [5, 5.41) is 9.12. The number of aromatic carboxylic acids is 1. The molecule has 1 saturated heterocycles. The van der Waals surface area contributed by atoms with Gasteiger partial charge in [0.2, 0.25) is 0 Å². The van der Waals surface area contributed by atoms with Gasteiger partial charge in [-0.15, -0.1) is 0 Å². The van der Waals surface area contributed by atoms with E-state index in [1.54, 1.807) is 11.0 Å². The van der Waals surface area contributed by atoms with E-state index in [-0.39, 0.29) is 18.3 Å². The molecule has 0 bridgehead atoms. The molecule has 1 aromatic heterocycles. The van der Waals surface area contributed by atoms with Crippen molar-refractivity contribution in [3.8, 4) is 0 Å². The van der Waals surface area contributed by atoms with Gasteiger partial charge in [-0.1, -0.05) is 30.3 Å². The SMILES string of the molecule is O=C(O)c1ccnc(N2CCCN(C(=O)OCc3ccccc3)CC2)c1. The Morgan fingerprint density at radius 3 is 2.65 bits per heavy atom. The first-order valence-corrected chi connectivity index (χ1v) is 8.53. The molecule has 0 radical (unpaired) electrons. The van der Waals surface area contributed by atoms with Gasteiger partial charge >= 0.3 is 12.1 Å². The normalized spacial score (nSPS) is 14.6. The molecule has 0 unspecified atom stereocenters. The van der Waals surface area contributed by atoms with E-state index in [0.29, 0.717) is 32.0 Å². The lowest BCUT2D eigenvalue weighted by atomic mass is 10.2. The number of nitrogens with zero attached hydrogens (tertiary/aromatic N) is 3. The number of anilines is 1. The smallest absolute Gasteiger partial charge is 0.410 e. The van der Waals surface area contributed by atoms with Gasteiger partial charge in [0, 0.05) is 32.4 Å². The third-order valence-corrected chi connectivity index (χ3v) is 4.28. The van der Waals surface area contributed by atoms with Crippen molar-refractivity contribution in [3.05, 3.63) is 59.8 Å². The lowest BCUT2D eigenvalue weighted by Gasteiger charge is -2.22. The molecule has 0 spiro atoms. The number of amides is 1. The maximum Gasteiger partial charge on any atom is 0.410 e. The Balaban J connectivity index is 1.57. The van der Waals surface area contributed by atoms with Gasteiger partial charge in [-0.3, -0.25) is 0 Å². The van der Waals surface area contributed by atoms with Crippen LogP contribution in [-0.2, 0) is 11.3 Å². The number of ether oxygens (including phenoxy) is 1. The molecule has 1 N–H and O–H groups in total. The first-order chi connectivity index (χ1) is 12.6. The lowest BCUT2D eigenvalue weighted by Crippen LogP contribution is -2.35. The third-order valence-electron chi connectivity index (χ3n) is 4.28. The second kappa shape index (κ2) is 8.33. The Morgan fingerprint density at radius 1 is 1.08 bits per heavy atom. The summed E-state index contributed by atoms with van der Waals surface area (Å²) in [4.78, 5) is 31.4. The van der Waals surface area contributed by atoms with Crippen LogP contribution in [0.25, 0.3) is 0 Å². The average molecular weight is 355 g/mol. The highest BCUT2D eigenvalue weighted by Gasteiger charge is 2.21. The Morgan fingerprint density at radius 2 is 1.88 bits per heavy atom. The van der Waals surface area contributed by atoms with Crippen LogP contribution in [0.4, 0.5) is 10.6 Å². The Kier molecular flexibility index (Phi) is 5.68. The minimum Gasteiger partial charge on any atom is -0.478 e. The number of hydrogen-bond acceptors (Lipinski definition) is 5. The zero-order valence-electron chi connectivity index (χ0n) is 14.4. The molecule has 7 heteroatoms. The summed E-state index contributed by atoms with van der Waals surface area (Å²) in [7, 11) is 0. The molecule has 2 aromatic rings. The molecule has 2 heterocycles. The molecule has 0 saturated carbocycles. The van der Waals surface area contributed by atoms with Crippen molar-refractivity contribution in [1.29, 1.82) is 0 Å². The van der Waals surface area contributed by atoms with Gasteiger partial charge in [0.15, 0.2) is 0 Å². The van der Waals surface area contributed by atoms with Crippen LogP contribution < -0.4 is 4.90 Å².